The lowest BCUT2D eigenvalue weighted by atomic mass is 10.2. The number of sulfonamides is 1. The minimum Gasteiger partial charge on any atom is -0.466 e. The molecular formula is C18H19F2NO4S. The Morgan fingerprint density at radius 3 is 2.08 bits per heavy atom. The summed E-state index contributed by atoms with van der Waals surface area (Å²) in [5.41, 5.74) is 0.556. The molecule has 0 aliphatic carbocycles. The van der Waals surface area contributed by atoms with E-state index in [0.29, 0.717) is 5.56 Å². The average Bonchev–Trinajstić information content (AvgIpc) is 2.60. The molecule has 0 unspecified atom stereocenters. The van der Waals surface area contributed by atoms with E-state index in [4.69, 9.17) is 4.74 Å². The lowest BCUT2D eigenvalue weighted by Crippen LogP contribution is -2.33. The fourth-order valence-corrected chi connectivity index (χ4v) is 3.71. The van der Waals surface area contributed by atoms with Crippen molar-refractivity contribution in [2.24, 2.45) is 0 Å². The van der Waals surface area contributed by atoms with Crippen LogP contribution >= 0.6 is 0 Å². The van der Waals surface area contributed by atoms with E-state index < -0.39 is 27.6 Å². The zero-order chi connectivity index (χ0) is 19.2. The molecule has 140 valence electrons. The highest BCUT2D eigenvalue weighted by Gasteiger charge is 2.25. The minimum absolute atomic E-state index is 0.0562. The van der Waals surface area contributed by atoms with E-state index >= 15 is 0 Å². The van der Waals surface area contributed by atoms with Gasteiger partial charge in [-0.05, 0) is 48.9 Å². The number of ether oxygens (including phenoxy) is 1. The molecule has 2 aromatic carbocycles. The first kappa shape index (κ1) is 20.0. The van der Waals surface area contributed by atoms with Crippen LogP contribution in [0.5, 0.6) is 0 Å². The summed E-state index contributed by atoms with van der Waals surface area (Å²) in [6.07, 6.45) is -0.130. The van der Waals surface area contributed by atoms with Crippen LogP contribution in [-0.2, 0) is 26.1 Å². The van der Waals surface area contributed by atoms with Crippen LogP contribution in [0.1, 0.15) is 18.9 Å². The smallest absolute Gasteiger partial charge is 0.307 e. The van der Waals surface area contributed by atoms with Gasteiger partial charge in [0.25, 0.3) is 0 Å². The van der Waals surface area contributed by atoms with E-state index in [9.17, 15) is 22.0 Å². The van der Waals surface area contributed by atoms with Gasteiger partial charge in [-0.15, -0.1) is 0 Å². The minimum atomic E-state index is -3.97. The van der Waals surface area contributed by atoms with Crippen molar-refractivity contribution in [3.63, 3.8) is 0 Å². The largest absolute Gasteiger partial charge is 0.466 e. The van der Waals surface area contributed by atoms with E-state index in [1.807, 2.05) is 0 Å². The zero-order valence-electron chi connectivity index (χ0n) is 14.2. The van der Waals surface area contributed by atoms with Crippen LogP contribution in [0, 0.1) is 11.6 Å². The summed E-state index contributed by atoms with van der Waals surface area (Å²) >= 11 is 0. The zero-order valence-corrected chi connectivity index (χ0v) is 15.0. The number of rotatable bonds is 8. The summed E-state index contributed by atoms with van der Waals surface area (Å²) in [7, 11) is -3.97. The molecule has 0 N–H and O–H groups in total. The summed E-state index contributed by atoms with van der Waals surface area (Å²) in [6, 6.07) is 9.80. The van der Waals surface area contributed by atoms with Gasteiger partial charge in [-0.2, -0.15) is 4.31 Å². The van der Waals surface area contributed by atoms with E-state index in [2.05, 4.69) is 0 Å². The Bertz CT molecular complexity index is 836. The second kappa shape index (κ2) is 8.86. The number of halogens is 2. The van der Waals surface area contributed by atoms with Gasteiger partial charge in [-0.25, -0.2) is 17.2 Å². The van der Waals surface area contributed by atoms with Crippen molar-refractivity contribution >= 4 is 16.0 Å². The Morgan fingerprint density at radius 2 is 1.54 bits per heavy atom. The van der Waals surface area contributed by atoms with Crippen LogP contribution in [0.25, 0.3) is 0 Å². The molecule has 0 aromatic heterocycles. The number of carbonyl (C=O) groups is 1. The van der Waals surface area contributed by atoms with Crippen LogP contribution in [-0.4, -0.2) is 31.8 Å². The fourth-order valence-electron chi connectivity index (χ4n) is 2.28. The van der Waals surface area contributed by atoms with Crippen LogP contribution in [0.3, 0.4) is 0 Å². The van der Waals surface area contributed by atoms with Gasteiger partial charge >= 0.3 is 5.97 Å². The van der Waals surface area contributed by atoms with Gasteiger partial charge in [0.2, 0.25) is 10.0 Å². The van der Waals surface area contributed by atoms with Crippen molar-refractivity contribution in [1.29, 1.82) is 0 Å². The Morgan fingerprint density at radius 1 is 1.00 bits per heavy atom. The molecule has 0 saturated carbocycles. The first-order valence-corrected chi connectivity index (χ1v) is 9.42. The fraction of sp³-hybridized carbons (Fsp3) is 0.278. The first-order chi connectivity index (χ1) is 12.3. The van der Waals surface area contributed by atoms with Crippen molar-refractivity contribution in [2.75, 3.05) is 13.2 Å². The lowest BCUT2D eigenvalue weighted by Gasteiger charge is -2.22. The summed E-state index contributed by atoms with van der Waals surface area (Å²) in [4.78, 5) is 11.5. The number of esters is 1. The molecule has 0 heterocycles. The van der Waals surface area contributed by atoms with Gasteiger partial charge in [0.05, 0.1) is 17.9 Å². The molecular weight excluding hydrogens is 364 g/mol. The second-order valence-corrected chi connectivity index (χ2v) is 7.41. The molecule has 0 fully saturated rings. The number of benzene rings is 2. The summed E-state index contributed by atoms with van der Waals surface area (Å²) < 4.78 is 57.8. The lowest BCUT2D eigenvalue weighted by molar-refractivity contribution is -0.143. The molecule has 0 bridgehead atoms. The molecule has 2 rings (SSSR count). The predicted octanol–water partition coefficient (Wildman–Crippen LogP) is 3.11. The van der Waals surface area contributed by atoms with Crippen LogP contribution in [0.2, 0.25) is 0 Å². The normalized spacial score (nSPS) is 11.5. The summed E-state index contributed by atoms with van der Waals surface area (Å²) in [5.74, 6) is -1.51. The molecule has 0 aliphatic rings. The van der Waals surface area contributed by atoms with Crippen molar-refractivity contribution in [3.05, 3.63) is 65.7 Å². The monoisotopic (exact) mass is 383 g/mol. The quantitative estimate of drug-likeness (QED) is 0.657. The van der Waals surface area contributed by atoms with Crippen molar-refractivity contribution in [2.45, 2.75) is 24.8 Å². The Hall–Kier alpha value is -2.32. The van der Waals surface area contributed by atoms with Crippen LogP contribution < -0.4 is 0 Å². The van der Waals surface area contributed by atoms with Gasteiger partial charge < -0.3 is 4.74 Å². The highest BCUT2D eigenvalue weighted by molar-refractivity contribution is 7.89. The third-order valence-corrected chi connectivity index (χ3v) is 5.45. The predicted molar refractivity (Wildman–Crippen MR) is 91.6 cm³/mol. The maximum atomic E-state index is 13.1. The Labute approximate surface area is 151 Å². The number of hydrogen-bond donors (Lipinski definition) is 0. The van der Waals surface area contributed by atoms with Gasteiger partial charge in [0.15, 0.2) is 0 Å². The number of hydrogen-bond acceptors (Lipinski definition) is 4. The van der Waals surface area contributed by atoms with Crippen molar-refractivity contribution < 1.29 is 26.7 Å². The maximum Gasteiger partial charge on any atom is 0.307 e. The molecule has 0 spiro atoms. The molecule has 5 nitrogen and oxygen atoms in total. The van der Waals surface area contributed by atoms with Crippen LogP contribution in [0.4, 0.5) is 8.78 Å². The summed E-state index contributed by atoms with van der Waals surface area (Å²) in [5, 5.41) is 0. The maximum absolute atomic E-state index is 13.1. The van der Waals surface area contributed by atoms with Gasteiger partial charge in [0, 0.05) is 13.1 Å². The van der Waals surface area contributed by atoms with Gasteiger partial charge in [-0.3, -0.25) is 4.79 Å². The average molecular weight is 383 g/mol. The number of carbonyl (C=O) groups excluding carboxylic acids is 1. The Balaban J connectivity index is 2.27. The van der Waals surface area contributed by atoms with E-state index in [0.717, 1.165) is 28.6 Å². The molecule has 8 heteroatoms. The molecule has 0 radical (unpaired) electrons. The highest BCUT2D eigenvalue weighted by Crippen LogP contribution is 2.19. The van der Waals surface area contributed by atoms with E-state index in [-0.39, 0.29) is 31.0 Å². The SMILES string of the molecule is CCOC(=O)CCN(Cc1ccc(F)cc1)S(=O)(=O)c1ccc(F)cc1. The van der Waals surface area contributed by atoms with E-state index in [1.54, 1.807) is 6.92 Å². The number of nitrogens with zero attached hydrogens (tertiary/aromatic N) is 1. The molecule has 0 atom stereocenters. The van der Waals surface area contributed by atoms with E-state index in [1.165, 1.54) is 24.3 Å². The highest BCUT2D eigenvalue weighted by atomic mass is 32.2. The van der Waals surface area contributed by atoms with Gasteiger partial charge in [-0.1, -0.05) is 12.1 Å². The molecule has 26 heavy (non-hydrogen) atoms. The van der Waals surface area contributed by atoms with Crippen LogP contribution in [0.15, 0.2) is 53.4 Å². The Kier molecular flexibility index (Phi) is 6.82. The standard InChI is InChI=1S/C18H19F2NO4S/c1-2-25-18(22)11-12-21(13-14-3-5-15(19)6-4-14)26(23,24)17-9-7-16(20)8-10-17/h3-10H,2,11-13H2,1H3. The van der Waals surface area contributed by atoms with Gasteiger partial charge in [0.1, 0.15) is 11.6 Å². The molecule has 2 aromatic rings. The summed E-state index contributed by atoms with van der Waals surface area (Å²) in [6.45, 7) is 1.68. The third kappa shape index (κ3) is 5.34. The van der Waals surface area contributed by atoms with Crippen molar-refractivity contribution in [3.8, 4) is 0 Å². The molecule has 0 aliphatic heterocycles. The second-order valence-electron chi connectivity index (χ2n) is 5.47. The third-order valence-electron chi connectivity index (χ3n) is 3.59. The topological polar surface area (TPSA) is 63.7 Å². The molecule has 0 amide bonds. The molecule has 0 saturated heterocycles. The van der Waals surface area contributed by atoms with Crippen molar-refractivity contribution in [1.82, 2.24) is 4.31 Å². The first-order valence-electron chi connectivity index (χ1n) is 7.98.